The molecule has 1 aromatic carbocycles. The second-order valence-corrected chi connectivity index (χ2v) is 9.46. The lowest BCUT2D eigenvalue weighted by Crippen LogP contribution is -2.91. The van der Waals surface area contributed by atoms with Crippen molar-refractivity contribution < 1.29 is 23.3 Å². The topological polar surface area (TPSA) is 52.1 Å². The van der Waals surface area contributed by atoms with Crippen LogP contribution in [0.15, 0.2) is 24.3 Å². The number of nitrogens with two attached hydrogens (primary N) is 1. The van der Waals surface area contributed by atoms with E-state index in [1.807, 2.05) is 33.0 Å². The molecule has 1 aliphatic carbocycles. The van der Waals surface area contributed by atoms with Crippen molar-refractivity contribution in [3.63, 3.8) is 0 Å². The zero-order valence-electron chi connectivity index (χ0n) is 15.8. The molecule has 0 aliphatic heterocycles. The lowest BCUT2D eigenvalue weighted by Gasteiger charge is -2.32. The molecule has 1 atom stereocenters. The van der Waals surface area contributed by atoms with E-state index >= 15 is 0 Å². The Hall–Kier alpha value is -0.740. The molecule has 0 spiro atoms. The summed E-state index contributed by atoms with van der Waals surface area (Å²) in [5.41, 5.74) is 0.401. The number of hydrogen-bond acceptors (Lipinski definition) is 3. The van der Waals surface area contributed by atoms with E-state index in [2.05, 4.69) is 0 Å². The summed E-state index contributed by atoms with van der Waals surface area (Å²) < 4.78 is 39.9. The molecule has 25 heavy (non-hydrogen) atoms. The maximum absolute atomic E-state index is 14.5. The largest absolute Gasteiger partial charge is 0.392 e. The molecule has 142 valence electrons. The number of quaternary nitrogens is 1. The average molecular weight is 372 g/mol. The van der Waals surface area contributed by atoms with Crippen LogP contribution in [-0.2, 0) is 13.6 Å². The lowest BCUT2D eigenvalue weighted by molar-refractivity contribution is -0.713. The van der Waals surface area contributed by atoms with Crippen LogP contribution in [0.4, 0.5) is 4.39 Å². The molecule has 1 aromatic rings. The van der Waals surface area contributed by atoms with Gasteiger partial charge in [0.25, 0.3) is 0 Å². The van der Waals surface area contributed by atoms with Crippen molar-refractivity contribution in [3.8, 4) is 0 Å². The van der Waals surface area contributed by atoms with Gasteiger partial charge in [-0.2, -0.15) is 0 Å². The molecule has 0 unspecified atom stereocenters. The fourth-order valence-electron chi connectivity index (χ4n) is 3.42. The lowest BCUT2D eigenvalue weighted by atomic mass is 9.95. The zero-order chi connectivity index (χ0) is 18.4. The quantitative estimate of drug-likeness (QED) is 0.669. The van der Waals surface area contributed by atoms with Gasteiger partial charge in [0.1, 0.15) is 5.82 Å². The van der Waals surface area contributed by atoms with Crippen molar-refractivity contribution in [3.05, 3.63) is 35.6 Å². The summed E-state index contributed by atoms with van der Waals surface area (Å²) in [5, 5.41) is 2.03. The smallest absolute Gasteiger partial charge is 0.327 e. The Balaban J connectivity index is 2.39. The molecule has 0 radical (unpaired) electrons. The molecule has 0 saturated heterocycles. The van der Waals surface area contributed by atoms with E-state index in [1.54, 1.807) is 18.2 Å². The molecule has 0 aromatic heterocycles. The van der Waals surface area contributed by atoms with Gasteiger partial charge in [-0.1, -0.05) is 18.6 Å². The standard InChI is InChI=1S/C19H31FNO3P/c1-14(2)23-25(22,24-15(3)4)19(17-12-8-9-13-18(17)20)21-16-10-6-5-7-11-16/h8-9,12-16,19,21H,5-7,10-11H2,1-4H3/p+1/t19-/m1/s1. The molecule has 6 heteroatoms. The van der Waals surface area contributed by atoms with Crippen LogP contribution < -0.4 is 5.32 Å². The first-order valence-electron chi connectivity index (χ1n) is 9.37. The van der Waals surface area contributed by atoms with Crippen LogP contribution in [0.1, 0.15) is 71.1 Å². The predicted molar refractivity (Wildman–Crippen MR) is 98.0 cm³/mol. The van der Waals surface area contributed by atoms with Crippen LogP contribution in [-0.4, -0.2) is 18.2 Å². The SMILES string of the molecule is CC(C)OP(=O)(OC(C)C)[C@@H]([NH2+]C1CCCCC1)c1ccccc1F. The second-order valence-electron chi connectivity index (χ2n) is 7.41. The number of benzene rings is 1. The first-order chi connectivity index (χ1) is 11.8. The minimum absolute atomic E-state index is 0.265. The fourth-order valence-corrected chi connectivity index (χ4v) is 5.91. The van der Waals surface area contributed by atoms with Crippen LogP contribution in [0.5, 0.6) is 0 Å². The van der Waals surface area contributed by atoms with Crippen molar-refractivity contribution in [2.75, 3.05) is 0 Å². The molecular weight excluding hydrogens is 340 g/mol. The first-order valence-corrected chi connectivity index (χ1v) is 11.0. The monoisotopic (exact) mass is 372 g/mol. The molecule has 0 heterocycles. The highest BCUT2D eigenvalue weighted by molar-refractivity contribution is 7.54. The molecule has 0 bridgehead atoms. The van der Waals surface area contributed by atoms with Gasteiger partial charge in [0.05, 0.1) is 23.8 Å². The second kappa shape index (κ2) is 9.27. The normalized spacial score (nSPS) is 18.0. The molecule has 4 nitrogen and oxygen atoms in total. The van der Waals surface area contributed by atoms with Crippen LogP contribution in [0.3, 0.4) is 0 Å². The summed E-state index contributed by atoms with van der Waals surface area (Å²) in [4.78, 5) is 0. The number of halogens is 1. The molecule has 1 saturated carbocycles. The molecule has 0 amide bonds. The average Bonchev–Trinajstić information content (AvgIpc) is 2.53. The maximum Gasteiger partial charge on any atom is 0.392 e. The van der Waals surface area contributed by atoms with E-state index in [0.717, 1.165) is 25.7 Å². The van der Waals surface area contributed by atoms with Gasteiger partial charge in [-0.05, 0) is 65.5 Å². The molecule has 2 N–H and O–H groups in total. The fraction of sp³-hybridized carbons (Fsp3) is 0.684. The molecular formula is C19H32FNO3P+. The van der Waals surface area contributed by atoms with Crippen LogP contribution in [0.25, 0.3) is 0 Å². The Labute approximate surface area is 151 Å². The van der Waals surface area contributed by atoms with E-state index in [1.165, 1.54) is 12.5 Å². The van der Waals surface area contributed by atoms with Gasteiger partial charge in [-0.15, -0.1) is 0 Å². The van der Waals surface area contributed by atoms with Crippen LogP contribution in [0, 0.1) is 5.82 Å². The first kappa shape index (κ1) is 20.6. The van der Waals surface area contributed by atoms with Crippen molar-refractivity contribution in [2.45, 2.75) is 83.8 Å². The van der Waals surface area contributed by atoms with Crippen molar-refractivity contribution in [1.29, 1.82) is 0 Å². The highest BCUT2D eigenvalue weighted by Crippen LogP contribution is 2.59. The van der Waals surface area contributed by atoms with E-state index in [0.29, 0.717) is 11.6 Å². The summed E-state index contributed by atoms with van der Waals surface area (Å²) in [6.07, 6.45) is 5.12. The highest BCUT2D eigenvalue weighted by Gasteiger charge is 2.45. The third kappa shape index (κ3) is 5.89. The highest BCUT2D eigenvalue weighted by atomic mass is 31.2. The summed E-state index contributed by atoms with van der Waals surface area (Å²) in [7, 11) is -3.55. The van der Waals surface area contributed by atoms with Crippen LogP contribution >= 0.6 is 7.60 Å². The third-order valence-corrected chi connectivity index (χ3v) is 6.95. The van der Waals surface area contributed by atoms with Gasteiger partial charge in [-0.25, -0.2) is 4.39 Å². The Morgan fingerprint density at radius 1 is 1.04 bits per heavy atom. The summed E-state index contributed by atoms with van der Waals surface area (Å²) in [6, 6.07) is 6.84. The number of hydrogen-bond donors (Lipinski definition) is 1. The maximum atomic E-state index is 14.5. The zero-order valence-corrected chi connectivity index (χ0v) is 16.7. The van der Waals surface area contributed by atoms with Crippen molar-refractivity contribution in [1.82, 2.24) is 0 Å². The summed E-state index contributed by atoms with van der Waals surface area (Å²) in [5.74, 6) is -1.04. The van der Waals surface area contributed by atoms with E-state index < -0.39 is 13.4 Å². The van der Waals surface area contributed by atoms with Crippen LogP contribution in [0.2, 0.25) is 0 Å². The Morgan fingerprint density at radius 3 is 2.12 bits per heavy atom. The molecule has 1 fully saturated rings. The summed E-state index contributed by atoms with van der Waals surface area (Å²) >= 11 is 0. The van der Waals surface area contributed by atoms with Gasteiger partial charge in [0, 0.05) is 0 Å². The van der Waals surface area contributed by atoms with E-state index in [-0.39, 0.29) is 18.0 Å². The van der Waals surface area contributed by atoms with E-state index in [9.17, 15) is 8.96 Å². The van der Waals surface area contributed by atoms with E-state index in [4.69, 9.17) is 9.05 Å². The van der Waals surface area contributed by atoms with Crippen molar-refractivity contribution >= 4 is 7.60 Å². The minimum Gasteiger partial charge on any atom is -0.327 e. The Bertz CT molecular complexity index is 574. The molecule has 2 rings (SSSR count). The van der Waals surface area contributed by atoms with Gasteiger partial charge in [0.15, 0.2) is 0 Å². The van der Waals surface area contributed by atoms with Gasteiger partial charge in [0.2, 0.25) is 5.78 Å². The Morgan fingerprint density at radius 2 is 1.60 bits per heavy atom. The Kier molecular flexibility index (Phi) is 7.63. The van der Waals surface area contributed by atoms with Gasteiger partial charge >= 0.3 is 7.60 Å². The summed E-state index contributed by atoms with van der Waals surface area (Å²) in [6.45, 7) is 7.31. The minimum atomic E-state index is -3.55. The van der Waals surface area contributed by atoms with Gasteiger partial charge in [-0.3, -0.25) is 4.57 Å². The van der Waals surface area contributed by atoms with Gasteiger partial charge < -0.3 is 14.4 Å². The molecule has 1 aliphatic rings. The number of rotatable bonds is 8. The predicted octanol–water partition coefficient (Wildman–Crippen LogP) is 4.76. The van der Waals surface area contributed by atoms with Crippen molar-refractivity contribution in [2.24, 2.45) is 0 Å². The third-order valence-electron chi connectivity index (χ3n) is 4.38.